The summed E-state index contributed by atoms with van der Waals surface area (Å²) in [7, 11) is -0.556. The van der Waals surface area contributed by atoms with Gasteiger partial charge >= 0.3 is 0 Å². The monoisotopic (exact) mass is 489 g/mol. The van der Waals surface area contributed by atoms with Crippen LogP contribution in [0.25, 0.3) is 0 Å². The van der Waals surface area contributed by atoms with Gasteiger partial charge in [0.15, 0.2) is 0 Å². The highest BCUT2D eigenvalue weighted by atomic mass is 32.2. The Bertz CT molecular complexity index is 1100. The van der Waals surface area contributed by atoms with Crippen LogP contribution in [0.15, 0.2) is 53.4 Å². The van der Waals surface area contributed by atoms with E-state index in [0.717, 1.165) is 5.56 Å². The zero-order valence-corrected chi connectivity index (χ0v) is 20.4. The van der Waals surface area contributed by atoms with E-state index in [-0.39, 0.29) is 42.3 Å². The maximum Gasteiger partial charge on any atom is 0.243 e. The Labute approximate surface area is 200 Å². The van der Waals surface area contributed by atoms with Gasteiger partial charge in [-0.15, -0.1) is 0 Å². The molecule has 1 atom stereocenters. The summed E-state index contributed by atoms with van der Waals surface area (Å²) in [6.07, 6.45) is 0.771. The van der Waals surface area contributed by atoms with Crippen molar-refractivity contribution in [1.82, 2.24) is 14.9 Å². The lowest BCUT2D eigenvalue weighted by atomic mass is 9.97. The van der Waals surface area contributed by atoms with Gasteiger partial charge in [-0.05, 0) is 50.1 Å². The number of rotatable bonds is 9. The van der Waals surface area contributed by atoms with Crippen molar-refractivity contribution < 1.29 is 27.5 Å². The fourth-order valence-corrected chi connectivity index (χ4v) is 5.31. The lowest BCUT2D eigenvalue weighted by Crippen LogP contribution is -2.49. The Hall–Kier alpha value is -3.11. The average Bonchev–Trinajstić information content (AvgIpc) is 2.87. The number of hydrogen-bond donors (Lipinski definition) is 2. The quantitative estimate of drug-likeness (QED) is 0.556. The van der Waals surface area contributed by atoms with E-state index < -0.39 is 16.1 Å². The van der Waals surface area contributed by atoms with Crippen molar-refractivity contribution in [3.05, 3.63) is 54.1 Å². The number of ether oxygens (including phenoxy) is 2. The second kappa shape index (κ2) is 11.3. The van der Waals surface area contributed by atoms with Crippen LogP contribution in [-0.2, 0) is 26.2 Å². The molecule has 2 aromatic rings. The second-order valence-electron chi connectivity index (χ2n) is 8.11. The summed E-state index contributed by atoms with van der Waals surface area (Å²) in [5.74, 6) is 0.346. The van der Waals surface area contributed by atoms with Crippen LogP contribution in [0, 0.1) is 5.92 Å². The van der Waals surface area contributed by atoms with Gasteiger partial charge in [0.2, 0.25) is 21.8 Å². The zero-order chi connectivity index (χ0) is 24.7. The maximum atomic E-state index is 12.9. The number of methoxy groups -OCH3 is 2. The molecule has 0 saturated carbocycles. The highest BCUT2D eigenvalue weighted by Crippen LogP contribution is 2.25. The summed E-state index contributed by atoms with van der Waals surface area (Å²) in [5.41, 5.74) is 0.835. The number of hydrogen-bond acceptors (Lipinski definition) is 6. The van der Waals surface area contributed by atoms with Crippen LogP contribution in [0.4, 0.5) is 0 Å². The number of piperidine rings is 1. The first kappa shape index (κ1) is 25.5. The van der Waals surface area contributed by atoms with E-state index in [0.29, 0.717) is 24.3 Å². The molecule has 1 aliphatic rings. The SMILES string of the molecule is COc1ccc(S(=O)(=O)N2CCC(C(=O)N[C@H](C)C(=O)NCc3ccccc3OC)CC2)cc1. The molecule has 0 aromatic heterocycles. The van der Waals surface area contributed by atoms with Gasteiger partial charge in [-0.1, -0.05) is 18.2 Å². The average molecular weight is 490 g/mol. The molecule has 2 aromatic carbocycles. The van der Waals surface area contributed by atoms with Gasteiger partial charge in [0, 0.05) is 31.1 Å². The van der Waals surface area contributed by atoms with Crippen molar-refractivity contribution in [1.29, 1.82) is 0 Å². The maximum absolute atomic E-state index is 12.9. The molecule has 0 aliphatic carbocycles. The molecule has 0 spiro atoms. The number of para-hydroxylation sites is 1. The highest BCUT2D eigenvalue weighted by Gasteiger charge is 2.33. The van der Waals surface area contributed by atoms with Gasteiger partial charge in [0.05, 0.1) is 19.1 Å². The first-order valence-corrected chi connectivity index (χ1v) is 12.5. The van der Waals surface area contributed by atoms with E-state index in [2.05, 4.69) is 10.6 Å². The minimum atomic E-state index is -3.64. The van der Waals surface area contributed by atoms with Crippen LogP contribution in [0.2, 0.25) is 0 Å². The molecular formula is C24H31N3O6S. The molecule has 2 amide bonds. The molecule has 1 heterocycles. The molecule has 9 nitrogen and oxygen atoms in total. The van der Waals surface area contributed by atoms with Crippen molar-refractivity contribution in [2.45, 2.75) is 37.2 Å². The van der Waals surface area contributed by atoms with Crippen molar-refractivity contribution >= 4 is 21.8 Å². The number of nitrogens with zero attached hydrogens (tertiary/aromatic N) is 1. The largest absolute Gasteiger partial charge is 0.497 e. The zero-order valence-electron chi connectivity index (χ0n) is 19.6. The number of sulfonamides is 1. The van der Waals surface area contributed by atoms with Crippen LogP contribution in [0.5, 0.6) is 11.5 Å². The normalized spacial score (nSPS) is 15.9. The number of benzene rings is 2. The van der Waals surface area contributed by atoms with E-state index in [4.69, 9.17) is 9.47 Å². The predicted octanol–water partition coefficient (Wildman–Crippen LogP) is 1.93. The number of carbonyl (C=O) groups excluding carboxylic acids is 2. The van der Waals surface area contributed by atoms with E-state index in [1.54, 1.807) is 26.2 Å². The van der Waals surface area contributed by atoms with Gasteiger partial charge in [0.25, 0.3) is 0 Å². The van der Waals surface area contributed by atoms with Crippen LogP contribution >= 0.6 is 0 Å². The number of nitrogens with one attached hydrogen (secondary N) is 2. The van der Waals surface area contributed by atoms with Gasteiger partial charge in [-0.25, -0.2) is 8.42 Å². The predicted molar refractivity (Wildman–Crippen MR) is 127 cm³/mol. The molecule has 3 rings (SSSR count). The van der Waals surface area contributed by atoms with Gasteiger partial charge in [0.1, 0.15) is 17.5 Å². The summed E-state index contributed by atoms with van der Waals surface area (Å²) >= 11 is 0. The molecule has 10 heteroatoms. The Morgan fingerprint density at radius 2 is 1.68 bits per heavy atom. The fourth-order valence-electron chi connectivity index (χ4n) is 3.84. The second-order valence-corrected chi connectivity index (χ2v) is 10.1. The van der Waals surface area contributed by atoms with Gasteiger partial charge < -0.3 is 20.1 Å². The molecule has 184 valence electrons. The van der Waals surface area contributed by atoms with Crippen LogP contribution in [0.1, 0.15) is 25.3 Å². The lowest BCUT2D eigenvalue weighted by molar-refractivity contribution is -0.131. The fraction of sp³-hybridized carbons (Fsp3) is 0.417. The summed E-state index contributed by atoms with van der Waals surface area (Å²) in [5, 5.41) is 5.55. The third-order valence-electron chi connectivity index (χ3n) is 5.92. The molecule has 2 N–H and O–H groups in total. The molecule has 0 radical (unpaired) electrons. The van der Waals surface area contributed by atoms with Crippen molar-refractivity contribution in [3.63, 3.8) is 0 Å². The van der Waals surface area contributed by atoms with Crippen molar-refractivity contribution in [3.8, 4) is 11.5 Å². The molecule has 1 aliphatic heterocycles. The van der Waals surface area contributed by atoms with Crippen LogP contribution in [0.3, 0.4) is 0 Å². The molecule has 0 bridgehead atoms. The van der Waals surface area contributed by atoms with E-state index >= 15 is 0 Å². The van der Waals surface area contributed by atoms with Crippen molar-refractivity contribution in [2.24, 2.45) is 5.92 Å². The molecule has 1 saturated heterocycles. The van der Waals surface area contributed by atoms with Gasteiger partial charge in [-0.3, -0.25) is 9.59 Å². The van der Waals surface area contributed by atoms with Crippen LogP contribution in [-0.4, -0.2) is 57.9 Å². The standard InChI is InChI=1S/C24H31N3O6S/c1-17(23(28)25-16-19-6-4-5-7-22(19)33-3)26-24(29)18-12-14-27(15-13-18)34(30,31)21-10-8-20(32-2)9-11-21/h4-11,17-18H,12-16H2,1-3H3,(H,25,28)(H,26,29)/t17-/m1/s1. The first-order chi connectivity index (χ1) is 16.3. The Morgan fingerprint density at radius 3 is 2.29 bits per heavy atom. The van der Waals surface area contributed by atoms with Gasteiger partial charge in [-0.2, -0.15) is 4.31 Å². The molecule has 0 unspecified atom stereocenters. The Kier molecular flexibility index (Phi) is 8.51. The third-order valence-corrected chi connectivity index (χ3v) is 7.83. The highest BCUT2D eigenvalue weighted by molar-refractivity contribution is 7.89. The minimum Gasteiger partial charge on any atom is -0.497 e. The number of amides is 2. The van der Waals surface area contributed by atoms with E-state index in [1.807, 2.05) is 24.3 Å². The Balaban J connectivity index is 1.49. The van der Waals surface area contributed by atoms with E-state index in [1.165, 1.54) is 23.5 Å². The number of carbonyl (C=O) groups is 2. The van der Waals surface area contributed by atoms with Crippen molar-refractivity contribution in [2.75, 3.05) is 27.3 Å². The summed E-state index contributed by atoms with van der Waals surface area (Å²) in [6.45, 7) is 2.38. The molecule has 1 fully saturated rings. The topological polar surface area (TPSA) is 114 Å². The Morgan fingerprint density at radius 1 is 1.03 bits per heavy atom. The first-order valence-electron chi connectivity index (χ1n) is 11.1. The molecule has 34 heavy (non-hydrogen) atoms. The molecular weight excluding hydrogens is 458 g/mol. The third kappa shape index (κ3) is 6.06. The van der Waals surface area contributed by atoms with Crippen LogP contribution < -0.4 is 20.1 Å². The lowest BCUT2D eigenvalue weighted by Gasteiger charge is -2.31. The summed E-state index contributed by atoms with van der Waals surface area (Å²) in [6, 6.07) is 12.9. The van der Waals surface area contributed by atoms with E-state index in [9.17, 15) is 18.0 Å². The summed E-state index contributed by atoms with van der Waals surface area (Å²) < 4.78 is 37.5. The smallest absolute Gasteiger partial charge is 0.243 e. The summed E-state index contributed by atoms with van der Waals surface area (Å²) in [4.78, 5) is 25.3. The minimum absolute atomic E-state index is 0.191.